The maximum absolute atomic E-state index is 3.79. The van der Waals surface area contributed by atoms with E-state index >= 15 is 0 Å². The fraction of sp³-hybridized carbons (Fsp3) is 1.00. The van der Waals surface area contributed by atoms with Gasteiger partial charge >= 0.3 is 0 Å². The summed E-state index contributed by atoms with van der Waals surface area (Å²) in [5, 5.41) is 3.79. The van der Waals surface area contributed by atoms with Gasteiger partial charge in [-0.2, -0.15) is 11.8 Å². The van der Waals surface area contributed by atoms with Crippen molar-refractivity contribution >= 4 is 11.8 Å². The third kappa shape index (κ3) is 2.86. The van der Waals surface area contributed by atoms with Crippen molar-refractivity contribution < 1.29 is 0 Å². The van der Waals surface area contributed by atoms with E-state index in [9.17, 15) is 0 Å². The monoisotopic (exact) mass is 200 g/mol. The van der Waals surface area contributed by atoms with Crippen LogP contribution in [-0.2, 0) is 0 Å². The predicted octanol–water partition coefficient (Wildman–Crippen LogP) is 1.18. The molecule has 0 aromatic rings. The van der Waals surface area contributed by atoms with Crippen LogP contribution in [0.25, 0.3) is 0 Å². The maximum atomic E-state index is 3.79. The lowest BCUT2D eigenvalue weighted by molar-refractivity contribution is 0.372. The molecule has 1 atom stereocenters. The van der Waals surface area contributed by atoms with Crippen molar-refractivity contribution in [3.63, 3.8) is 0 Å². The molecule has 3 heteroatoms. The molecule has 0 aromatic carbocycles. The van der Waals surface area contributed by atoms with Gasteiger partial charge in [-0.15, -0.1) is 0 Å². The molecule has 0 spiro atoms. The number of nitrogens with one attached hydrogen (secondary N) is 1. The van der Waals surface area contributed by atoms with Crippen LogP contribution in [0.15, 0.2) is 0 Å². The fourth-order valence-electron chi connectivity index (χ4n) is 2.27. The van der Waals surface area contributed by atoms with Crippen molar-refractivity contribution in [1.82, 2.24) is 10.2 Å². The Morgan fingerprint density at radius 1 is 1.15 bits per heavy atom. The molecule has 13 heavy (non-hydrogen) atoms. The number of rotatable bonds is 2. The SMILES string of the molecule is CN1CC[C@@H](NC2CCSCC2)C1. The lowest BCUT2D eigenvalue weighted by atomic mass is 10.1. The van der Waals surface area contributed by atoms with Crippen LogP contribution >= 0.6 is 11.8 Å². The van der Waals surface area contributed by atoms with Gasteiger partial charge in [-0.1, -0.05) is 0 Å². The maximum Gasteiger partial charge on any atom is 0.0209 e. The summed E-state index contributed by atoms with van der Waals surface area (Å²) >= 11 is 2.11. The van der Waals surface area contributed by atoms with E-state index in [0.717, 1.165) is 12.1 Å². The molecule has 2 heterocycles. The average Bonchev–Trinajstić information content (AvgIpc) is 2.53. The highest BCUT2D eigenvalue weighted by molar-refractivity contribution is 7.99. The number of likely N-dealkylation sites (tertiary alicyclic amines) is 1. The van der Waals surface area contributed by atoms with E-state index in [-0.39, 0.29) is 0 Å². The number of thioether (sulfide) groups is 1. The van der Waals surface area contributed by atoms with Crippen molar-refractivity contribution in [2.24, 2.45) is 0 Å². The van der Waals surface area contributed by atoms with Crippen LogP contribution in [0.1, 0.15) is 19.3 Å². The first-order valence-corrected chi connectivity index (χ1v) is 6.52. The summed E-state index contributed by atoms with van der Waals surface area (Å²) in [6.45, 7) is 2.53. The third-order valence-corrected chi connectivity index (χ3v) is 4.13. The Bertz CT molecular complexity index is 154. The first kappa shape index (κ1) is 9.81. The molecule has 0 radical (unpaired) electrons. The number of hydrogen-bond acceptors (Lipinski definition) is 3. The van der Waals surface area contributed by atoms with Crippen LogP contribution in [-0.4, -0.2) is 48.6 Å². The molecule has 0 unspecified atom stereocenters. The Labute approximate surface area is 85.4 Å². The van der Waals surface area contributed by atoms with E-state index in [1.165, 1.54) is 43.9 Å². The molecule has 0 aromatic heterocycles. The smallest absolute Gasteiger partial charge is 0.0209 e. The van der Waals surface area contributed by atoms with Gasteiger partial charge in [-0.3, -0.25) is 0 Å². The largest absolute Gasteiger partial charge is 0.310 e. The Morgan fingerprint density at radius 2 is 1.92 bits per heavy atom. The molecule has 0 saturated carbocycles. The van der Waals surface area contributed by atoms with Crippen molar-refractivity contribution in [3.8, 4) is 0 Å². The summed E-state index contributed by atoms with van der Waals surface area (Å²) < 4.78 is 0. The molecule has 2 aliphatic heterocycles. The van der Waals surface area contributed by atoms with E-state index in [1.54, 1.807) is 0 Å². The Morgan fingerprint density at radius 3 is 2.54 bits per heavy atom. The molecule has 2 fully saturated rings. The predicted molar refractivity (Wildman–Crippen MR) is 59.4 cm³/mol. The van der Waals surface area contributed by atoms with Gasteiger partial charge in [0.05, 0.1) is 0 Å². The van der Waals surface area contributed by atoms with Gasteiger partial charge in [0.15, 0.2) is 0 Å². The molecule has 0 amide bonds. The summed E-state index contributed by atoms with van der Waals surface area (Å²) in [6.07, 6.45) is 4.11. The van der Waals surface area contributed by atoms with Crippen LogP contribution in [0.3, 0.4) is 0 Å². The van der Waals surface area contributed by atoms with Crippen molar-refractivity contribution in [2.45, 2.75) is 31.3 Å². The Balaban J connectivity index is 1.71. The molecule has 76 valence electrons. The van der Waals surface area contributed by atoms with Gasteiger partial charge in [0, 0.05) is 18.6 Å². The topological polar surface area (TPSA) is 15.3 Å². The fourth-order valence-corrected chi connectivity index (χ4v) is 3.38. The summed E-state index contributed by atoms with van der Waals surface area (Å²) in [4.78, 5) is 2.43. The minimum atomic E-state index is 0.776. The Hall–Kier alpha value is 0.270. The van der Waals surface area contributed by atoms with Gasteiger partial charge in [0.1, 0.15) is 0 Å². The molecular formula is C10H20N2S. The second-order valence-electron chi connectivity index (χ2n) is 4.30. The van der Waals surface area contributed by atoms with Crippen molar-refractivity contribution in [2.75, 3.05) is 31.6 Å². The first-order chi connectivity index (χ1) is 6.34. The van der Waals surface area contributed by atoms with E-state index in [2.05, 4.69) is 29.0 Å². The standard InChI is InChI=1S/C10H20N2S/c1-12-5-2-10(8-12)11-9-3-6-13-7-4-9/h9-11H,2-8H2,1H3/t10-/m1/s1. The minimum Gasteiger partial charge on any atom is -0.310 e. The average molecular weight is 200 g/mol. The summed E-state index contributed by atoms with van der Waals surface area (Å²) in [7, 11) is 2.22. The van der Waals surface area contributed by atoms with Crippen molar-refractivity contribution in [1.29, 1.82) is 0 Å². The van der Waals surface area contributed by atoms with Crippen LogP contribution in [0, 0.1) is 0 Å². The normalized spacial score (nSPS) is 32.5. The van der Waals surface area contributed by atoms with E-state index in [1.807, 2.05) is 0 Å². The Kier molecular flexibility index (Phi) is 3.52. The second kappa shape index (κ2) is 4.67. The zero-order valence-corrected chi connectivity index (χ0v) is 9.28. The van der Waals surface area contributed by atoms with Crippen molar-refractivity contribution in [3.05, 3.63) is 0 Å². The van der Waals surface area contributed by atoms with Crippen LogP contribution < -0.4 is 5.32 Å². The second-order valence-corrected chi connectivity index (χ2v) is 5.53. The van der Waals surface area contributed by atoms with Crippen LogP contribution in [0.2, 0.25) is 0 Å². The van der Waals surface area contributed by atoms with E-state index in [4.69, 9.17) is 0 Å². The quantitative estimate of drug-likeness (QED) is 0.720. The van der Waals surface area contributed by atoms with Gasteiger partial charge in [-0.25, -0.2) is 0 Å². The van der Waals surface area contributed by atoms with E-state index < -0.39 is 0 Å². The zero-order chi connectivity index (χ0) is 9.10. The molecule has 0 bridgehead atoms. The minimum absolute atomic E-state index is 0.776. The third-order valence-electron chi connectivity index (χ3n) is 3.08. The number of hydrogen-bond donors (Lipinski definition) is 1. The van der Waals surface area contributed by atoms with E-state index in [0.29, 0.717) is 0 Å². The highest BCUT2D eigenvalue weighted by Gasteiger charge is 2.23. The lowest BCUT2D eigenvalue weighted by Crippen LogP contribution is -2.41. The highest BCUT2D eigenvalue weighted by atomic mass is 32.2. The molecular weight excluding hydrogens is 180 g/mol. The number of nitrogens with zero attached hydrogens (tertiary/aromatic N) is 1. The highest BCUT2D eigenvalue weighted by Crippen LogP contribution is 2.18. The van der Waals surface area contributed by atoms with Gasteiger partial charge < -0.3 is 10.2 Å². The summed E-state index contributed by atoms with van der Waals surface area (Å²) in [5.74, 6) is 2.72. The van der Waals surface area contributed by atoms with Gasteiger partial charge in [0.2, 0.25) is 0 Å². The molecule has 2 rings (SSSR count). The van der Waals surface area contributed by atoms with Gasteiger partial charge in [-0.05, 0) is 44.4 Å². The molecule has 0 aliphatic carbocycles. The number of likely N-dealkylation sites (N-methyl/N-ethyl adjacent to an activating group) is 1. The van der Waals surface area contributed by atoms with Gasteiger partial charge in [0.25, 0.3) is 0 Å². The zero-order valence-electron chi connectivity index (χ0n) is 8.46. The summed E-state index contributed by atoms with van der Waals surface area (Å²) in [6, 6.07) is 1.59. The van der Waals surface area contributed by atoms with Crippen LogP contribution in [0.5, 0.6) is 0 Å². The van der Waals surface area contributed by atoms with Crippen LogP contribution in [0.4, 0.5) is 0 Å². The molecule has 1 N–H and O–H groups in total. The molecule has 2 nitrogen and oxygen atoms in total. The summed E-state index contributed by atoms with van der Waals surface area (Å²) in [5.41, 5.74) is 0. The first-order valence-electron chi connectivity index (χ1n) is 5.37. The molecule has 2 saturated heterocycles. The molecule has 2 aliphatic rings. The lowest BCUT2D eigenvalue weighted by Gasteiger charge is -2.26.